The molecule has 0 aliphatic carbocycles. The van der Waals surface area contributed by atoms with E-state index in [1.165, 1.54) is 6.54 Å². The molecule has 1 aliphatic rings. The molecule has 0 amide bonds. The molecular formula is C10H26LiNSi2. The van der Waals surface area contributed by atoms with E-state index in [0.717, 1.165) is 5.92 Å². The summed E-state index contributed by atoms with van der Waals surface area (Å²) in [5.41, 5.74) is 0. The zero-order valence-electron chi connectivity index (χ0n) is 12.1. The Bertz CT molecular complexity index is 182. The van der Waals surface area contributed by atoms with Gasteiger partial charge in [-0.3, -0.25) is 0 Å². The van der Waals surface area contributed by atoms with Crippen molar-refractivity contribution < 1.29 is 20.3 Å². The van der Waals surface area contributed by atoms with Crippen LogP contribution in [0.25, 0.3) is 0 Å². The van der Waals surface area contributed by atoms with Crippen LogP contribution in [-0.4, -0.2) is 27.2 Å². The molecule has 0 aromatic rings. The van der Waals surface area contributed by atoms with Crippen molar-refractivity contribution in [3.05, 3.63) is 0 Å². The molecule has 0 bridgehead atoms. The van der Waals surface area contributed by atoms with Crippen LogP contribution in [0, 0.1) is 5.92 Å². The molecule has 14 heavy (non-hydrogen) atoms. The SMILES string of the molecule is CC(C)CN1[Si](C)(C)CC[Si]1(C)C.[H-].[Li+]. The average molecular weight is 223 g/mol. The molecule has 0 unspecified atom stereocenters. The third-order valence-corrected chi connectivity index (χ3v) is 13.7. The van der Waals surface area contributed by atoms with Crippen LogP contribution in [-0.2, 0) is 0 Å². The average Bonchev–Trinajstić information content (AvgIpc) is 2.12. The van der Waals surface area contributed by atoms with Crippen molar-refractivity contribution >= 4 is 16.5 Å². The molecule has 0 spiro atoms. The summed E-state index contributed by atoms with van der Waals surface area (Å²) >= 11 is 0. The Morgan fingerprint density at radius 3 is 1.71 bits per heavy atom. The summed E-state index contributed by atoms with van der Waals surface area (Å²) in [6.07, 6.45) is 0. The van der Waals surface area contributed by atoms with Crippen molar-refractivity contribution in [1.29, 1.82) is 0 Å². The van der Waals surface area contributed by atoms with Gasteiger partial charge in [0, 0.05) is 0 Å². The van der Waals surface area contributed by atoms with Gasteiger partial charge < -0.3 is 5.66 Å². The Balaban J connectivity index is 0. The maximum absolute atomic E-state index is 2.96. The summed E-state index contributed by atoms with van der Waals surface area (Å²) in [5.74, 6) is 0.844. The van der Waals surface area contributed by atoms with E-state index in [9.17, 15) is 0 Å². The predicted octanol–water partition coefficient (Wildman–Crippen LogP) is 0.485. The van der Waals surface area contributed by atoms with Gasteiger partial charge >= 0.3 is 18.9 Å². The van der Waals surface area contributed by atoms with Crippen LogP contribution >= 0.6 is 0 Å². The van der Waals surface area contributed by atoms with Gasteiger partial charge in [-0.25, -0.2) is 0 Å². The van der Waals surface area contributed by atoms with Crippen molar-refractivity contribution in [1.82, 2.24) is 4.23 Å². The monoisotopic (exact) mass is 223 g/mol. The maximum atomic E-state index is 2.96. The molecule has 0 radical (unpaired) electrons. The molecule has 1 saturated heterocycles. The smallest absolute Gasteiger partial charge is 1.00 e. The molecule has 1 heterocycles. The minimum absolute atomic E-state index is 0. The van der Waals surface area contributed by atoms with Crippen LogP contribution in [0.5, 0.6) is 0 Å². The van der Waals surface area contributed by atoms with Gasteiger partial charge in [-0.2, -0.15) is 0 Å². The fraction of sp³-hybridized carbons (Fsp3) is 1.00. The summed E-state index contributed by atoms with van der Waals surface area (Å²) in [7, 11) is -1.95. The van der Waals surface area contributed by atoms with E-state index in [1.54, 1.807) is 12.1 Å². The zero-order chi connectivity index (χ0) is 10.3. The Kier molecular flexibility index (Phi) is 5.23. The molecule has 0 saturated carbocycles. The second kappa shape index (κ2) is 4.88. The zero-order valence-corrected chi connectivity index (χ0v) is 13.1. The Labute approximate surface area is 105 Å². The van der Waals surface area contributed by atoms with E-state index in [4.69, 9.17) is 0 Å². The van der Waals surface area contributed by atoms with Crippen LogP contribution in [0.4, 0.5) is 0 Å². The van der Waals surface area contributed by atoms with E-state index in [1.807, 2.05) is 0 Å². The summed E-state index contributed by atoms with van der Waals surface area (Å²) in [5, 5.41) is 0. The number of rotatable bonds is 2. The predicted molar refractivity (Wildman–Crippen MR) is 67.2 cm³/mol. The second-order valence-electron chi connectivity index (χ2n) is 6.13. The first-order chi connectivity index (χ1) is 5.76. The topological polar surface area (TPSA) is 3.24 Å². The maximum Gasteiger partial charge on any atom is 1.00 e. The first-order valence-corrected chi connectivity index (χ1v) is 11.8. The van der Waals surface area contributed by atoms with Crippen LogP contribution in [0.15, 0.2) is 0 Å². The van der Waals surface area contributed by atoms with E-state index in [-0.39, 0.29) is 20.3 Å². The van der Waals surface area contributed by atoms with Gasteiger partial charge in [0.25, 0.3) is 0 Å². The van der Waals surface area contributed by atoms with Crippen LogP contribution in [0.1, 0.15) is 15.3 Å². The van der Waals surface area contributed by atoms with E-state index in [2.05, 4.69) is 44.3 Å². The molecule has 80 valence electrons. The van der Waals surface area contributed by atoms with Gasteiger partial charge in [0.1, 0.15) is 16.5 Å². The van der Waals surface area contributed by atoms with Crippen molar-refractivity contribution in [3.63, 3.8) is 0 Å². The van der Waals surface area contributed by atoms with E-state index in [0.29, 0.717) is 0 Å². The van der Waals surface area contributed by atoms with E-state index < -0.39 is 16.5 Å². The van der Waals surface area contributed by atoms with Crippen molar-refractivity contribution in [2.75, 3.05) is 6.54 Å². The van der Waals surface area contributed by atoms with Gasteiger partial charge in [-0.15, -0.1) is 0 Å². The summed E-state index contributed by atoms with van der Waals surface area (Å²) in [6, 6.07) is 3.08. The van der Waals surface area contributed by atoms with E-state index >= 15 is 0 Å². The molecule has 0 aromatic heterocycles. The Hall–Kier alpha value is 0.991. The summed E-state index contributed by atoms with van der Waals surface area (Å²) in [4.78, 5) is 0. The van der Waals surface area contributed by atoms with Crippen molar-refractivity contribution in [3.8, 4) is 0 Å². The fourth-order valence-electron chi connectivity index (χ4n) is 2.56. The molecule has 1 fully saturated rings. The molecule has 0 atom stereocenters. The molecule has 1 nitrogen and oxygen atoms in total. The summed E-state index contributed by atoms with van der Waals surface area (Å²) in [6.45, 7) is 16.3. The molecular weight excluding hydrogens is 197 g/mol. The van der Waals surface area contributed by atoms with Gasteiger partial charge in [0.05, 0.1) is 0 Å². The third kappa shape index (κ3) is 3.25. The quantitative estimate of drug-likeness (QED) is 0.616. The van der Waals surface area contributed by atoms with Gasteiger partial charge in [-0.05, 0) is 24.6 Å². The van der Waals surface area contributed by atoms with Gasteiger partial charge in [-0.1, -0.05) is 40.0 Å². The molecule has 1 aliphatic heterocycles. The first kappa shape index (κ1) is 15.0. The first-order valence-electron chi connectivity index (χ1n) is 5.53. The number of nitrogens with zero attached hydrogens (tertiary/aromatic N) is 1. The Morgan fingerprint density at radius 2 is 1.43 bits per heavy atom. The van der Waals surface area contributed by atoms with Crippen LogP contribution in [0.2, 0.25) is 38.3 Å². The van der Waals surface area contributed by atoms with Crippen LogP contribution < -0.4 is 18.9 Å². The number of hydrogen-bond acceptors (Lipinski definition) is 1. The third-order valence-electron chi connectivity index (χ3n) is 3.36. The van der Waals surface area contributed by atoms with Crippen LogP contribution in [0.3, 0.4) is 0 Å². The summed E-state index contributed by atoms with van der Waals surface area (Å²) < 4.78 is 2.96. The minimum Gasteiger partial charge on any atom is -1.00 e. The number of hydrogen-bond donors (Lipinski definition) is 0. The normalized spacial score (nSPS) is 25.1. The molecule has 0 aromatic carbocycles. The van der Waals surface area contributed by atoms with Crippen molar-refractivity contribution in [2.24, 2.45) is 5.92 Å². The molecule has 1 rings (SSSR count). The molecule has 0 N–H and O–H groups in total. The largest absolute Gasteiger partial charge is 1.00 e. The molecule has 4 heteroatoms. The second-order valence-corrected chi connectivity index (χ2v) is 15.9. The van der Waals surface area contributed by atoms with Gasteiger partial charge in [0.15, 0.2) is 0 Å². The minimum atomic E-state index is -0.973. The van der Waals surface area contributed by atoms with Crippen molar-refractivity contribution in [2.45, 2.75) is 52.1 Å². The fourth-order valence-corrected chi connectivity index (χ4v) is 16.9. The Morgan fingerprint density at radius 1 is 1.07 bits per heavy atom. The standard InChI is InChI=1S/C10H25NSi2.Li.H/c1-10(2)9-11-12(3,4)7-8-13(11,5)6;;/h10H,7-9H2,1-6H3;;/q;+1;-1. The van der Waals surface area contributed by atoms with Gasteiger partial charge in [0.2, 0.25) is 0 Å².